The highest BCUT2D eigenvalue weighted by atomic mass is 79.9. The average molecular weight is 355 g/mol. The van der Waals surface area contributed by atoms with Crippen molar-refractivity contribution >= 4 is 33.2 Å². The van der Waals surface area contributed by atoms with Gasteiger partial charge in [-0.25, -0.2) is 4.39 Å². The van der Waals surface area contributed by atoms with Crippen molar-refractivity contribution in [3.63, 3.8) is 0 Å². The fourth-order valence-corrected chi connectivity index (χ4v) is 1.97. The molecule has 8 heteroatoms. The second-order valence-corrected chi connectivity index (χ2v) is 4.90. The number of nitro benzene ring substituents is 1. The minimum absolute atomic E-state index is 0.0541. The molecule has 0 heterocycles. The zero-order valence-electron chi connectivity index (χ0n) is 10.3. The van der Waals surface area contributed by atoms with E-state index in [1.807, 2.05) is 0 Å². The maximum absolute atomic E-state index is 13.2. The number of nitrogens with one attached hydrogen (secondary N) is 1. The number of nitro groups is 1. The summed E-state index contributed by atoms with van der Waals surface area (Å²) >= 11 is 3.01. The van der Waals surface area contributed by atoms with E-state index < -0.39 is 22.4 Å². The second-order valence-electron chi connectivity index (χ2n) is 4.04. The summed E-state index contributed by atoms with van der Waals surface area (Å²) in [6, 6.07) is 7.23. The Labute approximate surface area is 126 Å². The number of amides is 1. The monoisotopic (exact) mass is 354 g/mol. The van der Waals surface area contributed by atoms with Crippen LogP contribution in [0.4, 0.5) is 15.8 Å². The largest absolute Gasteiger partial charge is 0.505 e. The van der Waals surface area contributed by atoms with Gasteiger partial charge in [-0.05, 0) is 40.2 Å². The highest BCUT2D eigenvalue weighted by molar-refractivity contribution is 9.10. The smallest absolute Gasteiger partial charge is 0.284 e. The van der Waals surface area contributed by atoms with Crippen molar-refractivity contribution < 1.29 is 19.2 Å². The number of aromatic hydroxyl groups is 1. The third-order valence-corrected chi connectivity index (χ3v) is 3.28. The molecule has 0 radical (unpaired) electrons. The summed E-state index contributed by atoms with van der Waals surface area (Å²) in [6.07, 6.45) is 0. The summed E-state index contributed by atoms with van der Waals surface area (Å²) in [6.45, 7) is 0. The first-order valence-corrected chi connectivity index (χ1v) is 6.41. The van der Waals surface area contributed by atoms with Crippen LogP contribution in [-0.2, 0) is 0 Å². The molecule has 108 valence electrons. The van der Waals surface area contributed by atoms with Crippen LogP contribution in [0.15, 0.2) is 40.9 Å². The number of hydrogen-bond donors (Lipinski definition) is 2. The number of phenolic OH excluding ortho intramolecular Hbond substituents is 1. The van der Waals surface area contributed by atoms with Gasteiger partial charge in [-0.15, -0.1) is 0 Å². The quantitative estimate of drug-likeness (QED) is 0.501. The van der Waals surface area contributed by atoms with E-state index in [-0.39, 0.29) is 21.4 Å². The summed E-state index contributed by atoms with van der Waals surface area (Å²) in [7, 11) is 0. The number of carbonyl (C=O) groups excluding carboxylic acids is 1. The van der Waals surface area contributed by atoms with Gasteiger partial charge in [0, 0.05) is 23.4 Å². The van der Waals surface area contributed by atoms with E-state index in [2.05, 4.69) is 21.2 Å². The lowest BCUT2D eigenvalue weighted by molar-refractivity contribution is -0.385. The summed E-state index contributed by atoms with van der Waals surface area (Å²) in [4.78, 5) is 22.1. The minimum atomic E-state index is -0.880. The number of rotatable bonds is 3. The van der Waals surface area contributed by atoms with Crippen molar-refractivity contribution in [3.8, 4) is 5.75 Å². The van der Waals surface area contributed by atoms with Gasteiger partial charge in [-0.1, -0.05) is 0 Å². The summed E-state index contributed by atoms with van der Waals surface area (Å²) in [5, 5.41) is 22.2. The van der Waals surface area contributed by atoms with E-state index in [1.54, 1.807) is 0 Å². The fourth-order valence-electron chi connectivity index (χ4n) is 1.58. The van der Waals surface area contributed by atoms with Gasteiger partial charge in [0.15, 0.2) is 11.6 Å². The summed E-state index contributed by atoms with van der Waals surface area (Å²) in [5.41, 5.74) is -0.0706. The first-order valence-electron chi connectivity index (χ1n) is 5.62. The van der Waals surface area contributed by atoms with Crippen LogP contribution in [0.1, 0.15) is 10.4 Å². The van der Waals surface area contributed by atoms with Gasteiger partial charge in [-0.3, -0.25) is 14.9 Å². The van der Waals surface area contributed by atoms with Gasteiger partial charge < -0.3 is 10.4 Å². The van der Waals surface area contributed by atoms with Crippen LogP contribution in [-0.4, -0.2) is 15.9 Å². The van der Waals surface area contributed by atoms with Crippen molar-refractivity contribution in [2.45, 2.75) is 0 Å². The van der Waals surface area contributed by atoms with E-state index >= 15 is 0 Å². The lowest BCUT2D eigenvalue weighted by Crippen LogP contribution is -2.12. The molecule has 21 heavy (non-hydrogen) atoms. The molecular formula is C13H8BrFN2O4. The lowest BCUT2D eigenvalue weighted by atomic mass is 10.2. The number of halogens is 2. The topological polar surface area (TPSA) is 92.5 Å². The van der Waals surface area contributed by atoms with Crippen LogP contribution < -0.4 is 5.32 Å². The Balaban J connectivity index is 2.26. The molecule has 1 amide bonds. The molecule has 0 saturated carbocycles. The number of benzene rings is 2. The van der Waals surface area contributed by atoms with Gasteiger partial charge in [-0.2, -0.15) is 0 Å². The standard InChI is InChI=1S/C13H8BrFN2O4/c14-9-3-1-7(5-11(9)17(20)21)13(19)16-8-2-4-12(18)10(15)6-8/h1-6,18H,(H,16,19). The molecule has 0 spiro atoms. The highest BCUT2D eigenvalue weighted by Gasteiger charge is 2.16. The number of anilines is 1. The number of hydrogen-bond acceptors (Lipinski definition) is 4. The molecule has 2 rings (SSSR count). The van der Waals surface area contributed by atoms with Gasteiger partial charge >= 0.3 is 0 Å². The van der Waals surface area contributed by atoms with Gasteiger partial charge in [0.2, 0.25) is 0 Å². The van der Waals surface area contributed by atoms with Crippen LogP contribution in [0.2, 0.25) is 0 Å². The summed E-state index contributed by atoms with van der Waals surface area (Å²) < 4.78 is 13.4. The third kappa shape index (κ3) is 3.34. The fraction of sp³-hybridized carbons (Fsp3) is 0. The zero-order valence-corrected chi connectivity index (χ0v) is 11.9. The van der Waals surface area contributed by atoms with Gasteiger partial charge in [0.1, 0.15) is 0 Å². The number of carbonyl (C=O) groups is 1. The Bertz CT molecular complexity index is 736. The van der Waals surface area contributed by atoms with Crippen molar-refractivity contribution in [1.29, 1.82) is 0 Å². The maximum Gasteiger partial charge on any atom is 0.284 e. The number of phenols is 1. The molecule has 0 aliphatic heterocycles. The summed E-state index contributed by atoms with van der Waals surface area (Å²) in [5.74, 6) is -2.04. The molecule has 0 aliphatic carbocycles. The molecule has 2 aromatic rings. The Morgan fingerprint density at radius 1 is 1.29 bits per heavy atom. The molecule has 0 bridgehead atoms. The SMILES string of the molecule is O=C(Nc1ccc(O)c(F)c1)c1ccc(Br)c([N+](=O)[O-])c1. The molecule has 0 unspecified atom stereocenters. The lowest BCUT2D eigenvalue weighted by Gasteiger charge is -2.06. The first-order chi connectivity index (χ1) is 9.88. The number of nitrogens with zero attached hydrogens (tertiary/aromatic N) is 1. The third-order valence-electron chi connectivity index (χ3n) is 2.61. The average Bonchev–Trinajstić information content (AvgIpc) is 2.43. The van der Waals surface area contributed by atoms with E-state index in [0.717, 1.165) is 18.2 Å². The first kappa shape index (κ1) is 14.9. The van der Waals surface area contributed by atoms with E-state index in [0.29, 0.717) is 0 Å². The molecule has 0 aliphatic rings. The van der Waals surface area contributed by atoms with Gasteiger partial charge in [0.05, 0.1) is 9.40 Å². The van der Waals surface area contributed by atoms with Crippen LogP contribution in [0.3, 0.4) is 0 Å². The normalized spacial score (nSPS) is 10.2. The molecule has 2 aromatic carbocycles. The van der Waals surface area contributed by atoms with Crippen LogP contribution >= 0.6 is 15.9 Å². The van der Waals surface area contributed by atoms with Crippen LogP contribution in [0, 0.1) is 15.9 Å². The molecular weight excluding hydrogens is 347 g/mol. The van der Waals surface area contributed by atoms with E-state index in [4.69, 9.17) is 5.11 Å². The Hall–Kier alpha value is -2.48. The molecule has 6 nitrogen and oxygen atoms in total. The molecule has 0 atom stereocenters. The van der Waals surface area contributed by atoms with Crippen molar-refractivity contribution in [2.24, 2.45) is 0 Å². The maximum atomic E-state index is 13.2. The molecule has 2 N–H and O–H groups in total. The predicted octanol–water partition coefficient (Wildman–Crippen LogP) is 3.45. The Morgan fingerprint density at radius 2 is 2.00 bits per heavy atom. The van der Waals surface area contributed by atoms with E-state index in [9.17, 15) is 19.3 Å². The minimum Gasteiger partial charge on any atom is -0.505 e. The Morgan fingerprint density at radius 3 is 2.62 bits per heavy atom. The highest BCUT2D eigenvalue weighted by Crippen LogP contribution is 2.26. The van der Waals surface area contributed by atoms with Crippen molar-refractivity contribution in [2.75, 3.05) is 5.32 Å². The molecule has 0 aromatic heterocycles. The van der Waals surface area contributed by atoms with Crippen LogP contribution in [0.5, 0.6) is 5.75 Å². The molecule has 0 saturated heterocycles. The van der Waals surface area contributed by atoms with Crippen LogP contribution in [0.25, 0.3) is 0 Å². The zero-order chi connectivity index (χ0) is 15.6. The van der Waals surface area contributed by atoms with Gasteiger partial charge in [0.25, 0.3) is 11.6 Å². The van der Waals surface area contributed by atoms with Crippen molar-refractivity contribution in [1.82, 2.24) is 0 Å². The van der Waals surface area contributed by atoms with Crippen molar-refractivity contribution in [3.05, 3.63) is 62.4 Å². The molecule has 0 fully saturated rings. The predicted molar refractivity (Wildman–Crippen MR) is 76.8 cm³/mol. The van der Waals surface area contributed by atoms with E-state index in [1.165, 1.54) is 18.2 Å². The Kier molecular flexibility index (Phi) is 4.18. The second kappa shape index (κ2) is 5.88.